The molecule has 0 fully saturated rings. The van der Waals surface area contributed by atoms with Crippen LogP contribution in [0.5, 0.6) is 0 Å². The van der Waals surface area contributed by atoms with Crippen LogP contribution in [0.3, 0.4) is 0 Å². The van der Waals surface area contributed by atoms with Crippen LogP contribution in [0.25, 0.3) is 4.85 Å². The van der Waals surface area contributed by atoms with Crippen LogP contribution in [0.2, 0.25) is 51.4 Å². The molecule has 2 heterocycles. The van der Waals surface area contributed by atoms with Crippen LogP contribution in [-0.2, 0) is 22.9 Å². The van der Waals surface area contributed by atoms with Crippen molar-refractivity contribution in [2.45, 2.75) is 64.8 Å². The maximum absolute atomic E-state index is 8.73. The molecule has 2 aromatic rings. The van der Waals surface area contributed by atoms with E-state index in [4.69, 9.17) is 21.3 Å². The summed E-state index contributed by atoms with van der Waals surface area (Å²) in [7, 11) is -2.01. The van der Waals surface area contributed by atoms with Crippen molar-refractivity contribution in [3.63, 3.8) is 0 Å². The quantitative estimate of drug-likeness (QED) is 0.297. The number of nitriles is 1. The monoisotopic (exact) mass is 446 g/mol. The molecule has 2 rings (SSSR count). The largest absolute Gasteiger partial charge is 0.361 e. The SMILES string of the molecule is C[Si](C)(C)CCOCn1cncc1C#N.[C-]#[N+]c1cn(COCC[Si](C)(C)C)cn1. The van der Waals surface area contributed by atoms with Crippen molar-refractivity contribution in [1.82, 2.24) is 19.1 Å². The summed E-state index contributed by atoms with van der Waals surface area (Å²) in [6, 6.07) is 4.37. The normalized spacial score (nSPS) is 11.3. The van der Waals surface area contributed by atoms with E-state index in [0.29, 0.717) is 25.0 Å². The van der Waals surface area contributed by atoms with Crippen LogP contribution in [0.15, 0.2) is 25.0 Å². The van der Waals surface area contributed by atoms with E-state index < -0.39 is 16.1 Å². The van der Waals surface area contributed by atoms with Crippen LogP contribution in [0.4, 0.5) is 5.82 Å². The molecule has 0 N–H and O–H groups in total. The lowest BCUT2D eigenvalue weighted by Crippen LogP contribution is -2.22. The van der Waals surface area contributed by atoms with E-state index in [1.165, 1.54) is 0 Å². The molecule has 30 heavy (non-hydrogen) atoms. The van der Waals surface area contributed by atoms with Gasteiger partial charge < -0.3 is 18.9 Å². The van der Waals surface area contributed by atoms with E-state index in [0.717, 1.165) is 25.3 Å². The Morgan fingerprint density at radius 1 is 1.03 bits per heavy atom. The summed E-state index contributed by atoms with van der Waals surface area (Å²) in [5.74, 6) is 0.420. The first-order valence-corrected chi connectivity index (χ1v) is 17.4. The van der Waals surface area contributed by atoms with Gasteiger partial charge in [-0.05, 0) is 12.1 Å². The fourth-order valence-corrected chi connectivity index (χ4v) is 3.60. The highest BCUT2D eigenvalue weighted by Gasteiger charge is 2.12. The lowest BCUT2D eigenvalue weighted by atomic mass is 10.5. The molecule has 0 spiro atoms. The van der Waals surface area contributed by atoms with Gasteiger partial charge in [0.25, 0.3) is 5.82 Å². The summed E-state index contributed by atoms with van der Waals surface area (Å²) >= 11 is 0. The third-order valence-electron chi connectivity index (χ3n) is 4.02. The van der Waals surface area contributed by atoms with E-state index in [1.54, 1.807) is 34.2 Å². The molecule has 0 amide bonds. The molecule has 0 radical (unpaired) electrons. The molecule has 164 valence electrons. The fourth-order valence-electron chi connectivity index (χ4n) is 2.08. The Bertz CT molecular complexity index is 837. The molecule has 0 aromatic carbocycles. The van der Waals surface area contributed by atoms with Gasteiger partial charge in [0, 0.05) is 35.6 Å². The van der Waals surface area contributed by atoms with Gasteiger partial charge in [0.05, 0.1) is 12.5 Å². The average Bonchev–Trinajstić information content (AvgIpc) is 3.30. The third-order valence-corrected chi connectivity index (χ3v) is 7.43. The van der Waals surface area contributed by atoms with Crippen LogP contribution >= 0.6 is 0 Å². The van der Waals surface area contributed by atoms with Crippen LogP contribution in [0, 0.1) is 17.9 Å². The van der Waals surface area contributed by atoms with Crippen molar-refractivity contribution >= 4 is 22.0 Å². The van der Waals surface area contributed by atoms with Crippen LogP contribution in [0.1, 0.15) is 5.69 Å². The Hall–Kier alpha value is -2.25. The third kappa shape index (κ3) is 11.7. The van der Waals surface area contributed by atoms with Crippen molar-refractivity contribution < 1.29 is 9.47 Å². The highest BCUT2D eigenvalue weighted by Crippen LogP contribution is 2.10. The molecular formula is C20H34N6O2Si2. The first-order valence-electron chi connectivity index (χ1n) is 9.99. The fraction of sp³-hybridized carbons (Fsp3) is 0.600. The second-order valence-electron chi connectivity index (χ2n) is 9.41. The van der Waals surface area contributed by atoms with Crippen molar-refractivity contribution in [2.24, 2.45) is 0 Å². The number of aromatic nitrogens is 4. The van der Waals surface area contributed by atoms with Crippen LogP contribution in [-0.4, -0.2) is 48.5 Å². The van der Waals surface area contributed by atoms with Gasteiger partial charge in [-0.1, -0.05) is 45.9 Å². The molecule has 8 nitrogen and oxygen atoms in total. The summed E-state index contributed by atoms with van der Waals surface area (Å²) in [5.41, 5.74) is 0.544. The van der Waals surface area contributed by atoms with E-state index in [9.17, 15) is 0 Å². The molecule has 0 bridgehead atoms. The van der Waals surface area contributed by atoms with Crippen molar-refractivity contribution in [2.75, 3.05) is 13.2 Å². The number of rotatable bonds is 10. The van der Waals surface area contributed by atoms with Gasteiger partial charge in [0.2, 0.25) is 0 Å². The van der Waals surface area contributed by atoms with Crippen molar-refractivity contribution in [3.05, 3.63) is 42.2 Å². The van der Waals surface area contributed by atoms with Gasteiger partial charge in [-0.2, -0.15) is 5.26 Å². The number of ether oxygens (including phenoxy) is 2. The second kappa shape index (κ2) is 12.4. The zero-order valence-electron chi connectivity index (χ0n) is 19.1. The minimum atomic E-state index is -1.02. The van der Waals surface area contributed by atoms with Gasteiger partial charge in [-0.25, -0.2) is 4.98 Å². The lowest BCUT2D eigenvalue weighted by molar-refractivity contribution is 0.0866. The smallest absolute Gasteiger partial charge is 0.287 e. The van der Waals surface area contributed by atoms with Gasteiger partial charge in [-0.15, -0.1) is 4.98 Å². The van der Waals surface area contributed by atoms with Crippen molar-refractivity contribution in [1.29, 1.82) is 5.26 Å². The van der Waals surface area contributed by atoms with E-state index in [1.807, 2.05) is 0 Å². The minimum Gasteiger partial charge on any atom is -0.361 e. The summed E-state index contributed by atoms with van der Waals surface area (Å²) in [6.07, 6.45) is 6.48. The average molecular weight is 447 g/mol. The van der Waals surface area contributed by atoms with Crippen molar-refractivity contribution in [3.8, 4) is 6.07 Å². The lowest BCUT2D eigenvalue weighted by Gasteiger charge is -2.15. The molecule has 0 saturated heterocycles. The molecule has 0 aliphatic carbocycles. The van der Waals surface area contributed by atoms with E-state index >= 15 is 0 Å². The Morgan fingerprint density at radius 3 is 2.13 bits per heavy atom. The van der Waals surface area contributed by atoms with Gasteiger partial charge in [0.1, 0.15) is 25.2 Å². The van der Waals surface area contributed by atoms with E-state index in [2.05, 4.69) is 60.2 Å². The first-order chi connectivity index (χ1) is 14.0. The highest BCUT2D eigenvalue weighted by molar-refractivity contribution is 6.76. The zero-order valence-corrected chi connectivity index (χ0v) is 21.1. The van der Waals surface area contributed by atoms with Crippen LogP contribution < -0.4 is 0 Å². The molecule has 0 unspecified atom stereocenters. The predicted molar refractivity (Wildman–Crippen MR) is 124 cm³/mol. The molecule has 0 atom stereocenters. The summed E-state index contributed by atoms with van der Waals surface area (Å²) in [6.45, 7) is 23.2. The zero-order chi connectivity index (χ0) is 22.6. The molecule has 0 aliphatic heterocycles. The number of hydrogen-bond acceptors (Lipinski definition) is 5. The van der Waals surface area contributed by atoms with Gasteiger partial charge >= 0.3 is 0 Å². The molecule has 2 aromatic heterocycles. The predicted octanol–water partition coefficient (Wildman–Crippen LogP) is 4.81. The number of nitrogens with zero attached hydrogens (tertiary/aromatic N) is 6. The molecule has 10 heteroatoms. The molecule has 0 aliphatic rings. The number of imidazole rings is 2. The standard InChI is InChI=1S/2C10H17N3OSi/c1-11-10-7-13(8-12-10)9-14-5-6-15(2,3)4;1-15(2,3)5-4-14-9-13-8-12-7-10(13)6-11/h7-8H,5-6,9H2,2-4H3;7-8H,4-5,9H2,1-3H3. The summed E-state index contributed by atoms with van der Waals surface area (Å²) < 4.78 is 14.5. The summed E-state index contributed by atoms with van der Waals surface area (Å²) in [5, 5.41) is 8.73. The number of hydrogen-bond donors (Lipinski definition) is 0. The maximum Gasteiger partial charge on any atom is 0.287 e. The Morgan fingerprint density at radius 2 is 1.63 bits per heavy atom. The Balaban J connectivity index is 0.000000300. The summed E-state index contributed by atoms with van der Waals surface area (Å²) in [4.78, 5) is 11.0. The Labute approximate surface area is 182 Å². The topological polar surface area (TPSA) is 82.2 Å². The first kappa shape index (κ1) is 25.8. The van der Waals surface area contributed by atoms with E-state index in [-0.39, 0.29) is 0 Å². The van der Waals surface area contributed by atoms with Gasteiger partial charge in [-0.3, -0.25) is 4.57 Å². The second-order valence-corrected chi connectivity index (χ2v) is 20.7. The minimum absolute atomic E-state index is 0.420. The van der Waals surface area contributed by atoms with Gasteiger partial charge in [0.15, 0.2) is 6.33 Å². The maximum atomic E-state index is 8.73. The molecular weight excluding hydrogens is 412 g/mol. The highest BCUT2D eigenvalue weighted by atomic mass is 28.3. The molecule has 0 saturated carbocycles. The Kier molecular flexibility index (Phi) is 10.7.